The topological polar surface area (TPSA) is 24.9 Å². The third kappa shape index (κ3) is 3.81. The molecule has 1 aromatic rings. The van der Waals surface area contributed by atoms with Gasteiger partial charge in [-0.1, -0.05) is 32.3 Å². The smallest absolute Gasteiger partial charge is 0.0313 e. The van der Waals surface area contributed by atoms with Crippen molar-refractivity contribution < 1.29 is 0 Å². The molecular formula is C16H26N2. The Bertz CT molecular complexity index is 356. The number of hydrogen-bond acceptors (Lipinski definition) is 2. The number of nitrogens with zero attached hydrogens (tertiary/aromatic N) is 1. The van der Waals surface area contributed by atoms with Gasteiger partial charge in [0.25, 0.3) is 0 Å². The first kappa shape index (κ1) is 13.5. The lowest BCUT2D eigenvalue weighted by Crippen LogP contribution is -2.36. The molecule has 0 spiro atoms. The summed E-state index contributed by atoms with van der Waals surface area (Å²) in [6, 6.07) is 2.92. The Morgan fingerprint density at radius 3 is 2.72 bits per heavy atom. The molecule has 1 saturated carbocycles. The highest BCUT2D eigenvalue weighted by Crippen LogP contribution is 2.27. The van der Waals surface area contributed by atoms with Gasteiger partial charge in [0.05, 0.1) is 0 Å². The Morgan fingerprint density at radius 2 is 2.06 bits per heavy atom. The van der Waals surface area contributed by atoms with Crippen LogP contribution in [0.25, 0.3) is 0 Å². The molecule has 0 saturated heterocycles. The van der Waals surface area contributed by atoms with Crippen LogP contribution in [0.4, 0.5) is 0 Å². The number of hydrogen-bond donors (Lipinski definition) is 1. The van der Waals surface area contributed by atoms with Crippen molar-refractivity contribution in [2.24, 2.45) is 5.92 Å². The largest absolute Gasteiger partial charge is 0.310 e. The van der Waals surface area contributed by atoms with Gasteiger partial charge in [-0.25, -0.2) is 0 Å². The van der Waals surface area contributed by atoms with Crippen LogP contribution in [0.2, 0.25) is 0 Å². The molecule has 1 aliphatic rings. The highest BCUT2D eigenvalue weighted by atomic mass is 14.9. The molecular weight excluding hydrogens is 220 g/mol. The van der Waals surface area contributed by atoms with E-state index in [1.165, 1.54) is 49.7 Å². The van der Waals surface area contributed by atoms with Gasteiger partial charge in [-0.15, -0.1) is 0 Å². The molecule has 2 heteroatoms. The predicted octanol–water partition coefficient (Wildman–Crippen LogP) is 3.84. The lowest BCUT2D eigenvalue weighted by Gasteiger charge is -2.30. The predicted molar refractivity (Wildman–Crippen MR) is 76.5 cm³/mol. The Labute approximate surface area is 111 Å². The molecule has 2 nitrogen and oxygen atoms in total. The summed E-state index contributed by atoms with van der Waals surface area (Å²) in [6.45, 7) is 5.37. The second-order valence-electron chi connectivity index (χ2n) is 5.66. The van der Waals surface area contributed by atoms with E-state index in [0.29, 0.717) is 6.04 Å². The van der Waals surface area contributed by atoms with Crippen LogP contribution in [-0.4, -0.2) is 11.0 Å². The quantitative estimate of drug-likeness (QED) is 0.854. The van der Waals surface area contributed by atoms with Gasteiger partial charge in [0.2, 0.25) is 0 Å². The van der Waals surface area contributed by atoms with Crippen molar-refractivity contribution in [1.29, 1.82) is 0 Å². The fourth-order valence-electron chi connectivity index (χ4n) is 3.14. The molecule has 0 bridgehead atoms. The van der Waals surface area contributed by atoms with E-state index in [4.69, 9.17) is 0 Å². The number of pyridine rings is 1. The summed E-state index contributed by atoms with van der Waals surface area (Å²) in [5.74, 6) is 0.890. The highest BCUT2D eigenvalue weighted by Gasteiger charge is 2.21. The van der Waals surface area contributed by atoms with Crippen LogP contribution in [-0.2, 0) is 6.54 Å². The van der Waals surface area contributed by atoms with E-state index in [0.717, 1.165) is 12.5 Å². The van der Waals surface area contributed by atoms with Gasteiger partial charge in [-0.05, 0) is 43.2 Å². The average Bonchev–Trinajstić information content (AvgIpc) is 2.41. The molecule has 1 aromatic heterocycles. The summed E-state index contributed by atoms with van der Waals surface area (Å²) >= 11 is 0. The molecule has 18 heavy (non-hydrogen) atoms. The van der Waals surface area contributed by atoms with Crippen molar-refractivity contribution in [2.75, 3.05) is 0 Å². The number of nitrogens with one attached hydrogen (secondary N) is 1. The molecule has 0 radical (unpaired) electrons. The van der Waals surface area contributed by atoms with Gasteiger partial charge in [-0.2, -0.15) is 0 Å². The Hall–Kier alpha value is -0.890. The minimum Gasteiger partial charge on any atom is -0.310 e. The third-order valence-corrected chi connectivity index (χ3v) is 4.16. The molecule has 1 N–H and O–H groups in total. The molecule has 0 aliphatic heterocycles. The number of aromatic nitrogens is 1. The van der Waals surface area contributed by atoms with Crippen LogP contribution in [0.3, 0.4) is 0 Å². The standard InChI is InChI=1S/C16H26N2/c1-3-16(15-7-5-4-6-8-15)18-12-14-9-13(2)10-17-11-14/h9-11,15-16,18H,3-8,12H2,1-2H3. The van der Waals surface area contributed by atoms with E-state index in [9.17, 15) is 0 Å². The zero-order valence-electron chi connectivity index (χ0n) is 11.8. The average molecular weight is 246 g/mol. The van der Waals surface area contributed by atoms with Crippen LogP contribution < -0.4 is 5.32 Å². The van der Waals surface area contributed by atoms with E-state index < -0.39 is 0 Å². The molecule has 1 aliphatic carbocycles. The van der Waals surface area contributed by atoms with Crippen LogP contribution in [0.5, 0.6) is 0 Å². The molecule has 100 valence electrons. The van der Waals surface area contributed by atoms with E-state index in [2.05, 4.69) is 30.2 Å². The lowest BCUT2D eigenvalue weighted by atomic mass is 9.83. The van der Waals surface area contributed by atoms with Crippen molar-refractivity contribution in [3.8, 4) is 0 Å². The Morgan fingerprint density at radius 1 is 1.28 bits per heavy atom. The summed E-state index contributed by atoms with van der Waals surface area (Å²) in [5, 5.41) is 3.74. The Balaban J connectivity index is 1.86. The molecule has 1 unspecified atom stereocenters. The monoisotopic (exact) mass is 246 g/mol. The minimum atomic E-state index is 0.686. The van der Waals surface area contributed by atoms with Crippen molar-refractivity contribution in [2.45, 2.75) is 65.0 Å². The van der Waals surface area contributed by atoms with Gasteiger partial charge >= 0.3 is 0 Å². The maximum atomic E-state index is 4.26. The molecule has 1 heterocycles. The third-order valence-electron chi connectivity index (χ3n) is 4.16. The van der Waals surface area contributed by atoms with Crippen LogP contribution in [0, 0.1) is 12.8 Å². The van der Waals surface area contributed by atoms with Gasteiger partial charge in [0, 0.05) is 25.0 Å². The maximum absolute atomic E-state index is 4.26. The SMILES string of the molecule is CCC(NCc1cncc(C)c1)C1CCCCC1. The zero-order valence-corrected chi connectivity index (χ0v) is 11.8. The fourth-order valence-corrected chi connectivity index (χ4v) is 3.14. The minimum absolute atomic E-state index is 0.686. The van der Waals surface area contributed by atoms with Gasteiger partial charge in [0.15, 0.2) is 0 Å². The molecule has 1 atom stereocenters. The van der Waals surface area contributed by atoms with E-state index in [1.807, 2.05) is 12.4 Å². The summed E-state index contributed by atoms with van der Waals surface area (Å²) in [4.78, 5) is 4.26. The zero-order chi connectivity index (χ0) is 12.8. The van der Waals surface area contributed by atoms with Crippen molar-refractivity contribution in [3.05, 3.63) is 29.6 Å². The summed E-state index contributed by atoms with van der Waals surface area (Å²) in [7, 11) is 0. The Kier molecular flexibility index (Phi) is 5.18. The van der Waals surface area contributed by atoms with Crippen LogP contribution >= 0.6 is 0 Å². The summed E-state index contributed by atoms with van der Waals surface area (Å²) in [5.41, 5.74) is 2.56. The van der Waals surface area contributed by atoms with E-state index in [1.54, 1.807) is 0 Å². The highest BCUT2D eigenvalue weighted by molar-refractivity contribution is 5.16. The van der Waals surface area contributed by atoms with Gasteiger partial charge < -0.3 is 5.32 Å². The van der Waals surface area contributed by atoms with Crippen molar-refractivity contribution >= 4 is 0 Å². The molecule has 1 fully saturated rings. The van der Waals surface area contributed by atoms with Gasteiger partial charge in [-0.3, -0.25) is 4.98 Å². The van der Waals surface area contributed by atoms with E-state index >= 15 is 0 Å². The fraction of sp³-hybridized carbons (Fsp3) is 0.688. The van der Waals surface area contributed by atoms with Crippen LogP contribution in [0.1, 0.15) is 56.6 Å². The normalized spacial score (nSPS) is 18.8. The number of rotatable bonds is 5. The number of aryl methyl sites for hydroxylation is 1. The molecule has 0 amide bonds. The van der Waals surface area contributed by atoms with E-state index in [-0.39, 0.29) is 0 Å². The molecule has 2 rings (SSSR count). The lowest BCUT2D eigenvalue weighted by molar-refractivity contribution is 0.261. The molecule has 0 aromatic carbocycles. The summed E-state index contributed by atoms with van der Waals surface area (Å²) < 4.78 is 0. The first-order chi connectivity index (χ1) is 8.79. The first-order valence-electron chi connectivity index (χ1n) is 7.43. The van der Waals surface area contributed by atoms with Crippen molar-refractivity contribution in [1.82, 2.24) is 10.3 Å². The second kappa shape index (κ2) is 6.89. The second-order valence-corrected chi connectivity index (χ2v) is 5.66. The van der Waals surface area contributed by atoms with Gasteiger partial charge in [0.1, 0.15) is 0 Å². The summed E-state index contributed by atoms with van der Waals surface area (Å²) in [6.07, 6.45) is 12.3. The first-order valence-corrected chi connectivity index (χ1v) is 7.43. The van der Waals surface area contributed by atoms with Crippen molar-refractivity contribution in [3.63, 3.8) is 0 Å². The van der Waals surface area contributed by atoms with Crippen LogP contribution in [0.15, 0.2) is 18.5 Å². The maximum Gasteiger partial charge on any atom is 0.0313 e.